The molecule has 2 aromatic rings. The highest BCUT2D eigenvalue weighted by molar-refractivity contribution is 8.00. The molecule has 2 aliphatic rings. The summed E-state index contributed by atoms with van der Waals surface area (Å²) in [5, 5.41) is 12.2. The summed E-state index contributed by atoms with van der Waals surface area (Å²) in [5.74, 6) is -3.83. The number of rotatable bonds is 5. The molecule has 0 bridgehead atoms. The van der Waals surface area contributed by atoms with Crippen molar-refractivity contribution in [1.82, 2.24) is 5.32 Å². The number of carboxylic acid groups (broad SMARTS) is 1. The van der Waals surface area contributed by atoms with E-state index in [-0.39, 0.29) is 23.3 Å². The summed E-state index contributed by atoms with van der Waals surface area (Å²) in [6.45, 7) is 0. The molecule has 4 rings (SSSR count). The highest BCUT2D eigenvalue weighted by atomic mass is 32.2. The molecule has 1 fully saturated rings. The summed E-state index contributed by atoms with van der Waals surface area (Å²) in [6.07, 6.45) is -0.212. The second-order valence-corrected chi connectivity index (χ2v) is 8.33. The van der Waals surface area contributed by atoms with Crippen LogP contribution in [0.25, 0.3) is 11.0 Å². The molecule has 1 aromatic heterocycles. The highest BCUT2D eigenvalue weighted by Crippen LogP contribution is 2.46. The Morgan fingerprint density at radius 1 is 1.26 bits per heavy atom. The number of carboxylic acids is 1. The van der Waals surface area contributed by atoms with Crippen molar-refractivity contribution in [2.75, 3.05) is 12.9 Å². The van der Waals surface area contributed by atoms with E-state index in [1.165, 1.54) is 24.9 Å². The Kier molecular flexibility index (Phi) is 5.40. The van der Waals surface area contributed by atoms with Gasteiger partial charge < -0.3 is 19.6 Å². The summed E-state index contributed by atoms with van der Waals surface area (Å²) >= 11 is 1.28. The van der Waals surface area contributed by atoms with Gasteiger partial charge in [0, 0.05) is 22.0 Å². The fraction of sp³-hybridized carbons (Fsp3) is 0.286. The number of amides is 1. The van der Waals surface area contributed by atoms with Crippen molar-refractivity contribution in [3.8, 4) is 0 Å². The van der Waals surface area contributed by atoms with Gasteiger partial charge in [-0.05, 0) is 17.7 Å². The molecular weight excluding hydrogens is 426 g/mol. The van der Waals surface area contributed by atoms with Gasteiger partial charge in [-0.1, -0.05) is 18.2 Å². The lowest BCUT2D eigenvalue weighted by Crippen LogP contribution is -2.65. The van der Waals surface area contributed by atoms with E-state index in [4.69, 9.17) is 4.42 Å². The number of thioether (sulfide) groups is 1. The summed E-state index contributed by atoms with van der Waals surface area (Å²) in [5.41, 5.74) is -0.520. The van der Waals surface area contributed by atoms with Crippen molar-refractivity contribution in [2.45, 2.75) is 17.7 Å². The van der Waals surface area contributed by atoms with Gasteiger partial charge in [0.2, 0.25) is 0 Å². The monoisotopic (exact) mass is 443 g/mol. The second kappa shape index (κ2) is 8.03. The van der Waals surface area contributed by atoms with Crippen LogP contribution in [0.2, 0.25) is 0 Å². The van der Waals surface area contributed by atoms with Gasteiger partial charge in [0.25, 0.3) is 5.91 Å². The summed E-state index contributed by atoms with van der Waals surface area (Å²) in [6, 6.07) is 7.16. The first kappa shape index (κ1) is 20.9. The predicted molar refractivity (Wildman–Crippen MR) is 110 cm³/mol. The van der Waals surface area contributed by atoms with E-state index in [1.807, 2.05) is 0 Å². The molecule has 0 saturated heterocycles. The molecule has 3 atom stereocenters. The molecule has 3 unspecified atom stereocenters. The molecule has 2 N–H and O–H groups in total. The molecule has 0 radical (unpaired) electrons. The first-order chi connectivity index (χ1) is 14.8. The Morgan fingerprint density at radius 3 is 2.71 bits per heavy atom. The van der Waals surface area contributed by atoms with Crippen LogP contribution in [0, 0.1) is 5.92 Å². The van der Waals surface area contributed by atoms with Crippen LogP contribution in [0.4, 0.5) is 0 Å². The number of Topliss-reactive ketones (excluding diaryl/α,β-unsaturated/α-hetero) is 1. The molecule has 160 valence electrons. The Balaban J connectivity index is 1.56. The number of hydrogen-bond donors (Lipinski definition) is 2. The normalized spacial score (nSPS) is 22.5. The van der Waals surface area contributed by atoms with Crippen molar-refractivity contribution in [2.24, 2.45) is 5.92 Å². The number of aliphatic carboxylic acids is 1. The largest absolute Gasteiger partial charge is 0.478 e. The summed E-state index contributed by atoms with van der Waals surface area (Å²) in [4.78, 5) is 61.0. The number of para-hydroxylation sites is 1. The van der Waals surface area contributed by atoms with Crippen molar-refractivity contribution in [1.29, 1.82) is 0 Å². The Morgan fingerprint density at radius 2 is 2.00 bits per heavy atom. The van der Waals surface area contributed by atoms with Crippen molar-refractivity contribution in [3.05, 3.63) is 57.5 Å². The molecule has 2 heterocycles. The van der Waals surface area contributed by atoms with E-state index in [9.17, 15) is 29.1 Å². The number of hydrogen-bond acceptors (Lipinski definition) is 8. The fourth-order valence-corrected chi connectivity index (χ4v) is 5.36. The van der Waals surface area contributed by atoms with Crippen molar-refractivity contribution < 1.29 is 33.4 Å². The van der Waals surface area contributed by atoms with Gasteiger partial charge in [0.05, 0.1) is 19.4 Å². The standard InChI is InChI=1S/C21H17NO8S/c1-29-13(23)7-10-8-31-18-15(14(10)20(26)27)17(24)16(18)22-19(25)11-6-9-4-2-3-5-12(9)30-21(11)28/h2-6,15-16,18H,7-8H2,1H3,(H,22,25)(H,26,27). The SMILES string of the molecule is COC(=O)CC1=C(C(=O)O)C2C(=O)C(NC(=O)c3cc4ccccc4oc3=O)C2SC1. The van der Waals surface area contributed by atoms with E-state index < -0.39 is 46.5 Å². The quantitative estimate of drug-likeness (QED) is 0.514. The second-order valence-electron chi connectivity index (χ2n) is 7.17. The summed E-state index contributed by atoms with van der Waals surface area (Å²) < 4.78 is 9.75. The molecule has 0 spiro atoms. The first-order valence-corrected chi connectivity index (χ1v) is 10.4. The average molecular weight is 443 g/mol. The van der Waals surface area contributed by atoms with Gasteiger partial charge in [-0.25, -0.2) is 9.59 Å². The number of carbonyl (C=O) groups is 4. The minimum Gasteiger partial charge on any atom is -0.478 e. The molecule has 10 heteroatoms. The number of ketones is 1. The van der Waals surface area contributed by atoms with Gasteiger partial charge in [0.15, 0.2) is 5.78 Å². The lowest BCUT2D eigenvalue weighted by atomic mass is 9.71. The number of methoxy groups -OCH3 is 1. The van der Waals surface area contributed by atoms with Crippen LogP contribution in [0.1, 0.15) is 16.8 Å². The lowest BCUT2D eigenvalue weighted by Gasteiger charge is -2.46. The Labute approximate surface area is 179 Å². The van der Waals surface area contributed by atoms with E-state index in [2.05, 4.69) is 10.1 Å². The minimum absolute atomic E-state index is 0.116. The van der Waals surface area contributed by atoms with Gasteiger partial charge >= 0.3 is 17.6 Å². The number of ether oxygens (including phenoxy) is 1. The zero-order chi connectivity index (χ0) is 22.3. The molecular formula is C21H17NO8S. The predicted octanol–water partition coefficient (Wildman–Crippen LogP) is 1.15. The number of nitrogens with one attached hydrogen (secondary N) is 1. The third-order valence-electron chi connectivity index (χ3n) is 5.40. The summed E-state index contributed by atoms with van der Waals surface area (Å²) in [7, 11) is 1.20. The third kappa shape index (κ3) is 3.63. The molecule has 1 aliphatic heterocycles. The van der Waals surface area contributed by atoms with Crippen LogP contribution < -0.4 is 10.9 Å². The molecule has 1 saturated carbocycles. The first-order valence-electron chi connectivity index (χ1n) is 9.33. The number of carbonyl (C=O) groups excluding carboxylic acids is 3. The molecule has 1 aliphatic carbocycles. The average Bonchev–Trinajstić information content (AvgIpc) is 2.76. The zero-order valence-electron chi connectivity index (χ0n) is 16.2. The third-order valence-corrected chi connectivity index (χ3v) is 6.84. The van der Waals surface area contributed by atoms with Crippen LogP contribution in [0.5, 0.6) is 0 Å². The van der Waals surface area contributed by atoms with Gasteiger partial charge in [0.1, 0.15) is 17.2 Å². The van der Waals surface area contributed by atoms with Gasteiger partial charge in [-0.3, -0.25) is 14.4 Å². The fourth-order valence-electron chi connectivity index (χ4n) is 3.85. The molecule has 9 nitrogen and oxygen atoms in total. The Hall–Kier alpha value is -3.40. The van der Waals surface area contributed by atoms with E-state index in [0.29, 0.717) is 16.5 Å². The highest BCUT2D eigenvalue weighted by Gasteiger charge is 2.56. The van der Waals surface area contributed by atoms with Crippen LogP contribution in [0.3, 0.4) is 0 Å². The molecule has 31 heavy (non-hydrogen) atoms. The maximum Gasteiger partial charge on any atom is 0.349 e. The molecule has 1 amide bonds. The zero-order valence-corrected chi connectivity index (χ0v) is 17.1. The number of esters is 1. The number of fused-ring (bicyclic) bond motifs is 2. The number of benzene rings is 1. The minimum atomic E-state index is -1.28. The Bertz CT molecular complexity index is 1210. The van der Waals surface area contributed by atoms with Crippen molar-refractivity contribution in [3.63, 3.8) is 0 Å². The van der Waals surface area contributed by atoms with Crippen LogP contribution in [0.15, 0.2) is 50.7 Å². The lowest BCUT2D eigenvalue weighted by molar-refractivity contribution is -0.140. The van der Waals surface area contributed by atoms with Crippen LogP contribution in [-0.4, -0.2) is 52.9 Å². The molecule has 1 aromatic carbocycles. The van der Waals surface area contributed by atoms with E-state index in [0.717, 1.165) is 0 Å². The van der Waals surface area contributed by atoms with Crippen molar-refractivity contribution >= 4 is 46.4 Å². The van der Waals surface area contributed by atoms with Gasteiger partial charge in [-0.15, -0.1) is 0 Å². The smallest absolute Gasteiger partial charge is 0.349 e. The van der Waals surface area contributed by atoms with E-state index in [1.54, 1.807) is 24.3 Å². The topological polar surface area (TPSA) is 140 Å². The maximum atomic E-state index is 12.7. The van der Waals surface area contributed by atoms with E-state index >= 15 is 0 Å². The van der Waals surface area contributed by atoms with Gasteiger partial charge in [-0.2, -0.15) is 11.8 Å². The van der Waals surface area contributed by atoms with Crippen LogP contribution >= 0.6 is 11.8 Å². The maximum absolute atomic E-state index is 12.7. The van der Waals surface area contributed by atoms with Crippen LogP contribution in [-0.2, 0) is 19.1 Å².